The molecule has 0 bridgehead atoms. The lowest BCUT2D eigenvalue weighted by molar-refractivity contribution is 0.0806. The van der Waals surface area contributed by atoms with Crippen molar-refractivity contribution in [3.8, 4) is 6.07 Å². The first-order valence-corrected chi connectivity index (χ1v) is 3.24. The smallest absolute Gasteiger partial charge is 0.276 e. The van der Waals surface area contributed by atoms with Gasteiger partial charge in [0.15, 0.2) is 5.69 Å². The van der Waals surface area contributed by atoms with E-state index in [1.54, 1.807) is 0 Å². The average molecular weight is 165 g/mol. The zero-order chi connectivity index (χ0) is 8.97. The summed E-state index contributed by atoms with van der Waals surface area (Å²) < 4.78 is 0. The van der Waals surface area contributed by atoms with E-state index < -0.39 is 0 Å². The van der Waals surface area contributed by atoms with E-state index in [1.165, 1.54) is 18.1 Å². The van der Waals surface area contributed by atoms with E-state index >= 15 is 0 Å². The Morgan fingerprint density at radius 3 is 3.17 bits per heavy atom. The highest BCUT2D eigenvalue weighted by Gasteiger charge is 2.12. The molecule has 1 N–H and O–H groups in total. The number of amides is 1. The van der Waals surface area contributed by atoms with Crippen LogP contribution in [0.4, 0.5) is 0 Å². The molecule has 0 aliphatic carbocycles. The topological polar surface area (TPSA) is 85.7 Å². The second-order valence-corrected chi connectivity index (χ2v) is 2.17. The van der Waals surface area contributed by atoms with Gasteiger partial charge in [-0.2, -0.15) is 20.7 Å². The van der Waals surface area contributed by atoms with Crippen LogP contribution in [0.5, 0.6) is 0 Å². The summed E-state index contributed by atoms with van der Waals surface area (Å²) in [5, 5.41) is 17.7. The Kier molecular flexibility index (Phi) is 2.38. The summed E-state index contributed by atoms with van der Waals surface area (Å²) in [7, 11) is 1.53. The van der Waals surface area contributed by atoms with Gasteiger partial charge in [-0.25, -0.2) is 0 Å². The number of hydrogen-bond acceptors (Lipinski definition) is 4. The van der Waals surface area contributed by atoms with Crippen LogP contribution in [0, 0.1) is 11.3 Å². The lowest BCUT2D eigenvalue weighted by Gasteiger charge is -2.09. The van der Waals surface area contributed by atoms with Crippen molar-refractivity contribution in [3.05, 3.63) is 11.9 Å². The van der Waals surface area contributed by atoms with E-state index in [4.69, 9.17) is 5.26 Å². The standard InChI is InChI=1S/C6H7N5O/c1-11(3-2-7)6(12)5-4-8-10-9-5/h4H,3H2,1H3,(H,8,9,10). The molecule has 0 spiro atoms. The van der Waals surface area contributed by atoms with Crippen molar-refractivity contribution in [2.45, 2.75) is 0 Å². The van der Waals surface area contributed by atoms with Gasteiger partial charge in [0.25, 0.3) is 5.91 Å². The summed E-state index contributed by atoms with van der Waals surface area (Å²) in [6.07, 6.45) is 1.32. The first-order chi connectivity index (χ1) is 5.75. The highest BCUT2D eigenvalue weighted by Crippen LogP contribution is 1.94. The molecule has 1 aromatic rings. The van der Waals surface area contributed by atoms with E-state index in [0.717, 1.165) is 0 Å². The number of aromatic nitrogens is 3. The molecule has 0 unspecified atom stereocenters. The molecule has 0 aromatic carbocycles. The van der Waals surface area contributed by atoms with E-state index in [1.807, 2.05) is 6.07 Å². The predicted octanol–water partition coefficient (Wildman–Crippen LogP) is -0.600. The van der Waals surface area contributed by atoms with Crippen molar-refractivity contribution in [1.29, 1.82) is 5.26 Å². The largest absolute Gasteiger partial charge is 0.327 e. The first kappa shape index (κ1) is 8.20. The highest BCUT2D eigenvalue weighted by molar-refractivity contribution is 5.91. The van der Waals surface area contributed by atoms with Crippen LogP contribution >= 0.6 is 0 Å². The van der Waals surface area contributed by atoms with E-state index in [0.29, 0.717) is 0 Å². The van der Waals surface area contributed by atoms with Crippen molar-refractivity contribution in [2.75, 3.05) is 13.6 Å². The summed E-state index contributed by atoms with van der Waals surface area (Å²) in [5.74, 6) is -0.315. The van der Waals surface area contributed by atoms with Crippen LogP contribution < -0.4 is 0 Å². The molecule has 1 aromatic heterocycles. The van der Waals surface area contributed by atoms with Crippen LogP contribution in [0.2, 0.25) is 0 Å². The molecule has 6 heteroatoms. The molecule has 6 nitrogen and oxygen atoms in total. The number of aromatic amines is 1. The SMILES string of the molecule is CN(CC#N)C(=O)c1cn[nH]n1. The maximum Gasteiger partial charge on any atom is 0.276 e. The number of hydrogen-bond donors (Lipinski definition) is 1. The quantitative estimate of drug-likeness (QED) is 0.593. The Labute approximate surface area is 68.8 Å². The normalized spacial score (nSPS) is 9.00. The molecule has 1 amide bonds. The molecule has 12 heavy (non-hydrogen) atoms. The predicted molar refractivity (Wildman–Crippen MR) is 39.0 cm³/mol. The minimum Gasteiger partial charge on any atom is -0.327 e. The number of nitrogens with zero attached hydrogens (tertiary/aromatic N) is 4. The van der Waals surface area contributed by atoms with Crippen LogP contribution in [0.3, 0.4) is 0 Å². The zero-order valence-electron chi connectivity index (χ0n) is 6.48. The third-order valence-corrected chi connectivity index (χ3v) is 1.29. The molecule has 0 saturated carbocycles. The Hall–Kier alpha value is -1.90. The highest BCUT2D eigenvalue weighted by atomic mass is 16.2. The van der Waals surface area contributed by atoms with Gasteiger partial charge in [-0.05, 0) is 0 Å². The van der Waals surface area contributed by atoms with E-state index in [-0.39, 0.29) is 18.1 Å². The van der Waals surface area contributed by atoms with Crippen LogP contribution in [0.1, 0.15) is 10.5 Å². The number of nitrogens with one attached hydrogen (secondary N) is 1. The van der Waals surface area contributed by atoms with Crippen molar-refractivity contribution < 1.29 is 4.79 Å². The number of carbonyl (C=O) groups excluding carboxylic acids is 1. The van der Waals surface area contributed by atoms with Gasteiger partial charge in [-0.1, -0.05) is 0 Å². The Morgan fingerprint density at radius 2 is 2.67 bits per heavy atom. The first-order valence-electron chi connectivity index (χ1n) is 3.24. The molecular formula is C6H7N5O. The molecule has 0 radical (unpaired) electrons. The van der Waals surface area contributed by atoms with Gasteiger partial charge in [-0.15, -0.1) is 0 Å². The second-order valence-electron chi connectivity index (χ2n) is 2.17. The van der Waals surface area contributed by atoms with Gasteiger partial charge in [0, 0.05) is 7.05 Å². The van der Waals surface area contributed by atoms with Crippen LogP contribution in [0.25, 0.3) is 0 Å². The van der Waals surface area contributed by atoms with Crippen molar-refractivity contribution >= 4 is 5.91 Å². The number of carbonyl (C=O) groups is 1. The second kappa shape index (κ2) is 3.48. The van der Waals surface area contributed by atoms with Crippen molar-refractivity contribution in [1.82, 2.24) is 20.3 Å². The molecule has 0 fully saturated rings. The van der Waals surface area contributed by atoms with Gasteiger partial charge in [0.2, 0.25) is 0 Å². The van der Waals surface area contributed by atoms with Crippen LogP contribution in [-0.2, 0) is 0 Å². The van der Waals surface area contributed by atoms with Gasteiger partial charge in [0.1, 0.15) is 6.54 Å². The van der Waals surface area contributed by atoms with E-state index in [9.17, 15) is 4.79 Å². The van der Waals surface area contributed by atoms with Crippen LogP contribution in [0.15, 0.2) is 6.20 Å². The average Bonchev–Trinajstić information content (AvgIpc) is 2.55. The molecule has 0 saturated heterocycles. The monoisotopic (exact) mass is 165 g/mol. The summed E-state index contributed by atoms with van der Waals surface area (Å²) in [6.45, 7) is 0.0473. The third kappa shape index (κ3) is 1.58. The van der Waals surface area contributed by atoms with E-state index in [2.05, 4.69) is 15.4 Å². The minimum atomic E-state index is -0.315. The lowest BCUT2D eigenvalue weighted by Crippen LogP contribution is -2.27. The number of rotatable bonds is 2. The van der Waals surface area contributed by atoms with Gasteiger partial charge in [-0.3, -0.25) is 4.79 Å². The van der Waals surface area contributed by atoms with Gasteiger partial charge in [0.05, 0.1) is 12.3 Å². The molecule has 0 atom stereocenters. The number of nitriles is 1. The maximum absolute atomic E-state index is 11.2. The van der Waals surface area contributed by atoms with Gasteiger partial charge >= 0.3 is 0 Å². The minimum absolute atomic E-state index is 0.0473. The molecule has 1 rings (SSSR count). The summed E-state index contributed by atoms with van der Waals surface area (Å²) in [5.41, 5.74) is 0.216. The molecule has 1 heterocycles. The van der Waals surface area contributed by atoms with Gasteiger partial charge < -0.3 is 4.90 Å². The number of H-pyrrole nitrogens is 1. The third-order valence-electron chi connectivity index (χ3n) is 1.29. The van der Waals surface area contributed by atoms with Crippen LogP contribution in [-0.4, -0.2) is 39.8 Å². The Morgan fingerprint density at radius 1 is 1.92 bits per heavy atom. The summed E-state index contributed by atoms with van der Waals surface area (Å²) in [6, 6.07) is 1.86. The molecule has 0 aliphatic heterocycles. The van der Waals surface area contributed by atoms with Crippen molar-refractivity contribution in [3.63, 3.8) is 0 Å². The zero-order valence-corrected chi connectivity index (χ0v) is 6.48. The molecule has 0 aliphatic rings. The molecule has 62 valence electrons. The molecular weight excluding hydrogens is 158 g/mol. The Balaban J connectivity index is 2.67. The lowest BCUT2D eigenvalue weighted by atomic mass is 10.4. The maximum atomic E-state index is 11.2. The summed E-state index contributed by atoms with van der Waals surface area (Å²) >= 11 is 0. The fourth-order valence-electron chi connectivity index (χ4n) is 0.678. The summed E-state index contributed by atoms with van der Waals surface area (Å²) in [4.78, 5) is 12.5. The Bertz CT molecular complexity index is 298. The van der Waals surface area contributed by atoms with Crippen molar-refractivity contribution in [2.24, 2.45) is 0 Å². The fourth-order valence-corrected chi connectivity index (χ4v) is 0.678. The fraction of sp³-hybridized carbons (Fsp3) is 0.333.